The molecule has 1 fully saturated rings. The molecule has 1 aromatic carbocycles. The minimum absolute atomic E-state index is 0.0526. The third-order valence-corrected chi connectivity index (χ3v) is 5.97. The topological polar surface area (TPSA) is 49.4 Å². The number of halogens is 1. The monoisotopic (exact) mass is 300 g/mol. The van der Waals surface area contributed by atoms with E-state index in [2.05, 4.69) is 10.2 Å². The van der Waals surface area contributed by atoms with Gasteiger partial charge in [0.15, 0.2) is 9.84 Å². The molecule has 1 N–H and O–H groups in total. The van der Waals surface area contributed by atoms with Crippen LogP contribution >= 0.6 is 11.6 Å². The predicted molar refractivity (Wildman–Crippen MR) is 75.6 cm³/mol. The zero-order valence-corrected chi connectivity index (χ0v) is 12.2. The van der Waals surface area contributed by atoms with Crippen molar-refractivity contribution in [2.24, 2.45) is 0 Å². The van der Waals surface area contributed by atoms with E-state index in [9.17, 15) is 8.42 Å². The number of sulfone groups is 1. The van der Waals surface area contributed by atoms with E-state index in [-0.39, 0.29) is 11.7 Å². The number of piperazine rings is 1. The predicted octanol–water partition coefficient (Wildman–Crippen LogP) is 1.12. The maximum Gasteiger partial charge on any atom is 0.179 e. The summed E-state index contributed by atoms with van der Waals surface area (Å²) in [6.07, 6.45) is 0. The van der Waals surface area contributed by atoms with Gasteiger partial charge in [0.25, 0.3) is 0 Å². The Kier molecular flexibility index (Phi) is 3.55. The molecule has 19 heavy (non-hydrogen) atoms. The summed E-state index contributed by atoms with van der Waals surface area (Å²) < 4.78 is 24.3. The van der Waals surface area contributed by atoms with Gasteiger partial charge in [-0.2, -0.15) is 0 Å². The standard InChI is InChI=1S/C13H17ClN2O2S/c14-11-1-2-13-12(7-11)10(9-19(13,17)18)8-16-5-3-15-4-6-16/h1-2,7,10,15H,3-6,8-9H2. The van der Waals surface area contributed by atoms with Gasteiger partial charge in [-0.25, -0.2) is 8.42 Å². The van der Waals surface area contributed by atoms with E-state index in [4.69, 9.17) is 11.6 Å². The Labute approximate surface area is 118 Å². The molecule has 4 nitrogen and oxygen atoms in total. The van der Waals surface area contributed by atoms with Crippen molar-refractivity contribution in [3.8, 4) is 0 Å². The molecule has 0 saturated carbocycles. The average Bonchev–Trinajstić information content (AvgIpc) is 2.62. The molecule has 6 heteroatoms. The average molecular weight is 301 g/mol. The lowest BCUT2D eigenvalue weighted by Gasteiger charge is -2.29. The first-order valence-electron chi connectivity index (χ1n) is 6.51. The minimum Gasteiger partial charge on any atom is -0.314 e. The highest BCUT2D eigenvalue weighted by molar-refractivity contribution is 7.91. The third-order valence-electron chi connectivity index (χ3n) is 3.86. The molecule has 1 aromatic rings. The van der Waals surface area contributed by atoms with Gasteiger partial charge < -0.3 is 10.2 Å². The van der Waals surface area contributed by atoms with Crippen LogP contribution in [-0.4, -0.2) is 51.8 Å². The molecule has 0 aromatic heterocycles. The van der Waals surface area contributed by atoms with Crippen LogP contribution in [0, 0.1) is 0 Å². The SMILES string of the molecule is O=S1(=O)CC(CN2CCNCC2)c2cc(Cl)ccc21. The van der Waals surface area contributed by atoms with Crippen LogP contribution in [-0.2, 0) is 9.84 Å². The molecular weight excluding hydrogens is 284 g/mol. The molecule has 1 atom stereocenters. The van der Waals surface area contributed by atoms with Crippen molar-refractivity contribution in [3.63, 3.8) is 0 Å². The minimum atomic E-state index is -3.12. The molecule has 0 amide bonds. The summed E-state index contributed by atoms with van der Waals surface area (Å²) >= 11 is 6.01. The second-order valence-electron chi connectivity index (χ2n) is 5.21. The molecule has 2 aliphatic heterocycles. The summed E-state index contributed by atoms with van der Waals surface area (Å²) in [5.41, 5.74) is 0.894. The highest BCUT2D eigenvalue weighted by Gasteiger charge is 2.35. The van der Waals surface area contributed by atoms with E-state index in [1.165, 1.54) is 0 Å². The van der Waals surface area contributed by atoms with Gasteiger partial charge >= 0.3 is 0 Å². The van der Waals surface area contributed by atoms with Gasteiger partial charge in [0.1, 0.15) is 0 Å². The van der Waals surface area contributed by atoms with Gasteiger partial charge in [-0.3, -0.25) is 0 Å². The Balaban J connectivity index is 1.86. The fourth-order valence-electron chi connectivity index (χ4n) is 2.92. The molecule has 0 aliphatic carbocycles. The summed E-state index contributed by atoms with van der Waals surface area (Å²) in [6, 6.07) is 5.12. The summed E-state index contributed by atoms with van der Waals surface area (Å²) in [5.74, 6) is 0.267. The maximum absolute atomic E-state index is 12.1. The summed E-state index contributed by atoms with van der Waals surface area (Å²) in [7, 11) is -3.12. The van der Waals surface area contributed by atoms with Crippen molar-refractivity contribution >= 4 is 21.4 Å². The number of benzene rings is 1. The number of fused-ring (bicyclic) bond motifs is 1. The van der Waals surface area contributed by atoms with Crippen molar-refractivity contribution in [3.05, 3.63) is 28.8 Å². The zero-order chi connectivity index (χ0) is 13.5. The second-order valence-corrected chi connectivity index (χ2v) is 7.65. The molecule has 2 heterocycles. The first-order valence-corrected chi connectivity index (χ1v) is 8.54. The van der Waals surface area contributed by atoms with Crippen LogP contribution < -0.4 is 5.32 Å². The van der Waals surface area contributed by atoms with E-state index in [0.717, 1.165) is 38.3 Å². The van der Waals surface area contributed by atoms with Crippen molar-refractivity contribution in [2.75, 3.05) is 38.5 Å². The van der Waals surface area contributed by atoms with Gasteiger partial charge in [-0.15, -0.1) is 0 Å². The van der Waals surface area contributed by atoms with Gasteiger partial charge in [0.05, 0.1) is 10.6 Å². The normalized spacial score (nSPS) is 26.3. The van der Waals surface area contributed by atoms with Crippen molar-refractivity contribution < 1.29 is 8.42 Å². The lowest BCUT2D eigenvalue weighted by atomic mass is 10.0. The third kappa shape index (κ3) is 2.65. The van der Waals surface area contributed by atoms with Crippen LogP contribution in [0.15, 0.2) is 23.1 Å². The zero-order valence-electron chi connectivity index (χ0n) is 10.6. The van der Waals surface area contributed by atoms with E-state index >= 15 is 0 Å². The van der Waals surface area contributed by atoms with Gasteiger partial charge in [0.2, 0.25) is 0 Å². The van der Waals surface area contributed by atoms with Crippen LogP contribution in [0.25, 0.3) is 0 Å². The highest BCUT2D eigenvalue weighted by Crippen LogP contribution is 2.37. The number of nitrogens with one attached hydrogen (secondary N) is 1. The summed E-state index contributed by atoms with van der Waals surface area (Å²) in [4.78, 5) is 2.80. The van der Waals surface area contributed by atoms with E-state index in [0.29, 0.717) is 9.92 Å². The fourth-order valence-corrected chi connectivity index (χ4v) is 4.96. The van der Waals surface area contributed by atoms with Crippen molar-refractivity contribution in [2.45, 2.75) is 10.8 Å². The van der Waals surface area contributed by atoms with E-state index < -0.39 is 9.84 Å². The van der Waals surface area contributed by atoms with Crippen LogP contribution in [0.1, 0.15) is 11.5 Å². The lowest BCUT2D eigenvalue weighted by Crippen LogP contribution is -2.45. The van der Waals surface area contributed by atoms with Crippen LogP contribution in [0.3, 0.4) is 0 Å². The Morgan fingerprint density at radius 2 is 2.05 bits per heavy atom. The largest absolute Gasteiger partial charge is 0.314 e. The molecule has 1 saturated heterocycles. The molecule has 1 unspecified atom stereocenters. The maximum atomic E-state index is 12.1. The van der Waals surface area contributed by atoms with Gasteiger partial charge in [-0.1, -0.05) is 11.6 Å². The van der Waals surface area contributed by atoms with E-state index in [1.807, 2.05) is 6.07 Å². The fraction of sp³-hybridized carbons (Fsp3) is 0.538. The van der Waals surface area contributed by atoms with Crippen LogP contribution in [0.2, 0.25) is 5.02 Å². The second kappa shape index (κ2) is 5.05. The lowest BCUT2D eigenvalue weighted by molar-refractivity contribution is 0.231. The van der Waals surface area contributed by atoms with E-state index in [1.54, 1.807) is 12.1 Å². The molecule has 104 valence electrons. The molecule has 2 aliphatic rings. The van der Waals surface area contributed by atoms with Crippen molar-refractivity contribution in [1.29, 1.82) is 0 Å². The Morgan fingerprint density at radius 3 is 2.79 bits per heavy atom. The van der Waals surface area contributed by atoms with Crippen LogP contribution in [0.4, 0.5) is 0 Å². The number of hydrogen-bond acceptors (Lipinski definition) is 4. The molecule has 0 bridgehead atoms. The Morgan fingerprint density at radius 1 is 1.32 bits per heavy atom. The Hall–Kier alpha value is -0.620. The summed E-state index contributed by atoms with van der Waals surface area (Å²) in [6.45, 7) is 4.71. The first kappa shape index (κ1) is 13.4. The van der Waals surface area contributed by atoms with Crippen molar-refractivity contribution in [1.82, 2.24) is 10.2 Å². The molecule has 0 radical (unpaired) electrons. The molecular formula is C13H17ClN2O2S. The number of rotatable bonds is 2. The summed E-state index contributed by atoms with van der Waals surface area (Å²) in [5, 5.41) is 3.92. The first-order chi connectivity index (χ1) is 9.06. The Bertz CT molecular complexity index is 582. The number of nitrogens with zero attached hydrogens (tertiary/aromatic N) is 1. The smallest absolute Gasteiger partial charge is 0.179 e. The number of hydrogen-bond donors (Lipinski definition) is 1. The van der Waals surface area contributed by atoms with Gasteiger partial charge in [0, 0.05) is 43.7 Å². The molecule has 3 rings (SSSR count). The molecule has 0 spiro atoms. The van der Waals surface area contributed by atoms with Crippen LogP contribution in [0.5, 0.6) is 0 Å². The quantitative estimate of drug-likeness (QED) is 0.889. The highest BCUT2D eigenvalue weighted by atomic mass is 35.5. The van der Waals surface area contributed by atoms with Gasteiger partial charge in [-0.05, 0) is 23.8 Å².